The van der Waals surface area contributed by atoms with E-state index in [2.05, 4.69) is 53.7 Å². The van der Waals surface area contributed by atoms with Gasteiger partial charge in [-0.3, -0.25) is 0 Å². The van der Waals surface area contributed by atoms with Crippen molar-refractivity contribution in [1.82, 2.24) is 15.6 Å². The number of para-hydroxylation sites is 1. The van der Waals surface area contributed by atoms with Gasteiger partial charge in [-0.2, -0.15) is 0 Å². The van der Waals surface area contributed by atoms with Gasteiger partial charge in [-0.05, 0) is 29.5 Å². The molecule has 0 unspecified atom stereocenters. The van der Waals surface area contributed by atoms with Crippen LogP contribution in [0.15, 0.2) is 30.5 Å². The van der Waals surface area contributed by atoms with Crippen molar-refractivity contribution in [3.63, 3.8) is 0 Å². The summed E-state index contributed by atoms with van der Waals surface area (Å²) in [5, 5.41) is 8.19. The molecule has 0 fully saturated rings. The minimum absolute atomic E-state index is 0.720. The van der Waals surface area contributed by atoms with E-state index in [1.807, 2.05) is 6.20 Å². The van der Waals surface area contributed by atoms with Crippen LogP contribution in [-0.2, 0) is 6.54 Å². The Hall–Kier alpha value is -1.32. The second-order valence-electron chi connectivity index (χ2n) is 5.13. The van der Waals surface area contributed by atoms with Gasteiger partial charge in [0.25, 0.3) is 0 Å². The summed E-state index contributed by atoms with van der Waals surface area (Å²) in [6.45, 7) is 8.50. The van der Waals surface area contributed by atoms with Crippen molar-refractivity contribution in [3.05, 3.63) is 36.0 Å². The average Bonchev–Trinajstić information content (AvgIpc) is 2.82. The number of nitrogens with one attached hydrogen (secondary N) is 3. The first-order valence-corrected chi connectivity index (χ1v) is 6.74. The zero-order valence-electron chi connectivity index (χ0n) is 11.3. The number of fused-ring (bicyclic) bond motifs is 1. The molecule has 3 nitrogen and oxygen atoms in total. The number of aromatic nitrogens is 1. The average molecular weight is 245 g/mol. The molecule has 0 saturated carbocycles. The van der Waals surface area contributed by atoms with Crippen LogP contribution in [0.25, 0.3) is 10.9 Å². The number of hydrogen-bond acceptors (Lipinski definition) is 2. The van der Waals surface area contributed by atoms with Crippen molar-refractivity contribution in [2.45, 2.75) is 20.4 Å². The molecule has 0 aliphatic rings. The SMILES string of the molecule is CC(C)CNCCNCc1cccc2cc[nH]c12. The highest BCUT2D eigenvalue weighted by Crippen LogP contribution is 2.16. The molecule has 98 valence electrons. The summed E-state index contributed by atoms with van der Waals surface area (Å²) in [7, 11) is 0. The minimum atomic E-state index is 0.720. The molecule has 0 aliphatic carbocycles. The van der Waals surface area contributed by atoms with Crippen LogP contribution >= 0.6 is 0 Å². The molecule has 0 atom stereocenters. The number of hydrogen-bond donors (Lipinski definition) is 3. The lowest BCUT2D eigenvalue weighted by Gasteiger charge is -2.09. The quantitative estimate of drug-likeness (QED) is 0.656. The molecule has 0 aliphatic heterocycles. The number of aromatic amines is 1. The third kappa shape index (κ3) is 3.59. The summed E-state index contributed by atoms with van der Waals surface area (Å²) < 4.78 is 0. The molecule has 1 heterocycles. The van der Waals surface area contributed by atoms with E-state index < -0.39 is 0 Å². The van der Waals surface area contributed by atoms with Crippen molar-refractivity contribution in [3.8, 4) is 0 Å². The molecule has 0 amide bonds. The van der Waals surface area contributed by atoms with E-state index in [0.29, 0.717) is 0 Å². The highest BCUT2D eigenvalue weighted by Gasteiger charge is 2.00. The van der Waals surface area contributed by atoms with Crippen molar-refractivity contribution >= 4 is 10.9 Å². The fourth-order valence-electron chi connectivity index (χ4n) is 2.09. The number of benzene rings is 1. The van der Waals surface area contributed by atoms with E-state index >= 15 is 0 Å². The summed E-state index contributed by atoms with van der Waals surface area (Å²) in [5.41, 5.74) is 2.58. The van der Waals surface area contributed by atoms with Gasteiger partial charge in [0.2, 0.25) is 0 Å². The third-order valence-electron chi connectivity index (χ3n) is 3.02. The van der Waals surface area contributed by atoms with E-state index in [4.69, 9.17) is 0 Å². The highest BCUT2D eigenvalue weighted by molar-refractivity contribution is 5.82. The number of H-pyrrole nitrogens is 1. The zero-order chi connectivity index (χ0) is 12.8. The Labute approximate surface area is 109 Å². The first kappa shape index (κ1) is 13.1. The molecular weight excluding hydrogens is 222 g/mol. The predicted molar refractivity (Wildman–Crippen MR) is 77.7 cm³/mol. The molecule has 3 heteroatoms. The van der Waals surface area contributed by atoms with E-state index in [1.165, 1.54) is 16.5 Å². The normalized spacial score (nSPS) is 11.5. The van der Waals surface area contributed by atoms with Crippen molar-refractivity contribution in [2.24, 2.45) is 5.92 Å². The summed E-state index contributed by atoms with van der Waals surface area (Å²) in [6, 6.07) is 8.54. The molecule has 2 aromatic rings. The molecule has 18 heavy (non-hydrogen) atoms. The third-order valence-corrected chi connectivity index (χ3v) is 3.02. The van der Waals surface area contributed by atoms with Crippen molar-refractivity contribution in [1.29, 1.82) is 0 Å². The van der Waals surface area contributed by atoms with Gasteiger partial charge in [0, 0.05) is 31.3 Å². The zero-order valence-corrected chi connectivity index (χ0v) is 11.3. The van der Waals surface area contributed by atoms with Gasteiger partial charge in [0.05, 0.1) is 0 Å². The van der Waals surface area contributed by atoms with E-state index in [0.717, 1.165) is 32.1 Å². The molecule has 0 spiro atoms. The van der Waals surface area contributed by atoms with Gasteiger partial charge >= 0.3 is 0 Å². The van der Waals surface area contributed by atoms with E-state index in [-0.39, 0.29) is 0 Å². The maximum atomic E-state index is 3.47. The molecule has 1 aromatic carbocycles. The maximum absolute atomic E-state index is 3.47. The Kier molecular flexibility index (Phi) is 4.79. The van der Waals surface area contributed by atoms with Crippen molar-refractivity contribution in [2.75, 3.05) is 19.6 Å². The largest absolute Gasteiger partial charge is 0.361 e. The lowest BCUT2D eigenvalue weighted by Crippen LogP contribution is -2.29. The molecule has 1 aromatic heterocycles. The number of rotatable bonds is 7. The molecule has 2 rings (SSSR count). The maximum Gasteiger partial charge on any atom is 0.0499 e. The highest BCUT2D eigenvalue weighted by atomic mass is 14.9. The lowest BCUT2D eigenvalue weighted by molar-refractivity contribution is 0.535. The Morgan fingerprint density at radius 3 is 2.78 bits per heavy atom. The van der Waals surface area contributed by atoms with Crippen LogP contribution < -0.4 is 10.6 Å². The summed E-state index contributed by atoms with van der Waals surface area (Å²) in [4.78, 5) is 3.30. The topological polar surface area (TPSA) is 39.8 Å². The van der Waals surface area contributed by atoms with Gasteiger partial charge in [-0.15, -0.1) is 0 Å². The monoisotopic (exact) mass is 245 g/mol. The Morgan fingerprint density at radius 1 is 1.11 bits per heavy atom. The van der Waals surface area contributed by atoms with Gasteiger partial charge < -0.3 is 15.6 Å². The Balaban J connectivity index is 1.75. The van der Waals surface area contributed by atoms with Crippen LogP contribution in [0.2, 0.25) is 0 Å². The summed E-state index contributed by atoms with van der Waals surface area (Å²) in [6.07, 6.45) is 2.00. The molecule has 0 bridgehead atoms. The van der Waals surface area contributed by atoms with Gasteiger partial charge in [-0.25, -0.2) is 0 Å². The van der Waals surface area contributed by atoms with Crippen LogP contribution in [-0.4, -0.2) is 24.6 Å². The summed E-state index contributed by atoms with van der Waals surface area (Å²) in [5.74, 6) is 0.720. The van der Waals surface area contributed by atoms with Crippen LogP contribution in [0.1, 0.15) is 19.4 Å². The first-order chi connectivity index (χ1) is 8.77. The molecule has 3 N–H and O–H groups in total. The Bertz CT molecular complexity index is 473. The standard InChI is InChI=1S/C15H23N3/c1-12(2)10-16-8-9-17-11-14-5-3-4-13-6-7-18-15(13)14/h3-7,12,16-18H,8-11H2,1-2H3. The lowest BCUT2D eigenvalue weighted by atomic mass is 10.1. The minimum Gasteiger partial charge on any atom is -0.361 e. The van der Waals surface area contributed by atoms with Gasteiger partial charge in [0.1, 0.15) is 0 Å². The fourth-order valence-corrected chi connectivity index (χ4v) is 2.09. The van der Waals surface area contributed by atoms with Crippen LogP contribution in [0.3, 0.4) is 0 Å². The Morgan fingerprint density at radius 2 is 1.94 bits per heavy atom. The van der Waals surface area contributed by atoms with E-state index in [9.17, 15) is 0 Å². The van der Waals surface area contributed by atoms with Crippen LogP contribution in [0.5, 0.6) is 0 Å². The van der Waals surface area contributed by atoms with Gasteiger partial charge in [0.15, 0.2) is 0 Å². The smallest absolute Gasteiger partial charge is 0.0499 e. The van der Waals surface area contributed by atoms with Gasteiger partial charge in [-0.1, -0.05) is 32.0 Å². The predicted octanol–water partition coefficient (Wildman–Crippen LogP) is 2.50. The van der Waals surface area contributed by atoms with E-state index in [1.54, 1.807) is 0 Å². The van der Waals surface area contributed by atoms with Crippen molar-refractivity contribution < 1.29 is 0 Å². The second-order valence-corrected chi connectivity index (χ2v) is 5.13. The molecule has 0 radical (unpaired) electrons. The molecular formula is C15H23N3. The second kappa shape index (κ2) is 6.57. The summed E-state index contributed by atoms with van der Waals surface area (Å²) >= 11 is 0. The fraction of sp³-hybridized carbons (Fsp3) is 0.467. The van der Waals surface area contributed by atoms with Crippen LogP contribution in [0, 0.1) is 5.92 Å². The first-order valence-electron chi connectivity index (χ1n) is 6.74. The van der Waals surface area contributed by atoms with Crippen LogP contribution in [0.4, 0.5) is 0 Å². The molecule has 0 saturated heterocycles.